The van der Waals surface area contributed by atoms with Gasteiger partial charge in [0, 0.05) is 21.2 Å². The van der Waals surface area contributed by atoms with Gasteiger partial charge in [-0.3, -0.25) is 0 Å². The van der Waals surface area contributed by atoms with Gasteiger partial charge in [0.05, 0.1) is 0 Å². The summed E-state index contributed by atoms with van der Waals surface area (Å²) in [6.07, 6.45) is 9.88. The fraction of sp³-hybridized carbons (Fsp3) is 0.100. The van der Waals surface area contributed by atoms with Gasteiger partial charge in [0.1, 0.15) is 0 Å². The monoisotopic (exact) mass is 605 g/mol. The van der Waals surface area contributed by atoms with Gasteiger partial charge in [0.2, 0.25) is 0 Å². The summed E-state index contributed by atoms with van der Waals surface area (Å²) in [6, 6.07) is 54.6. The van der Waals surface area contributed by atoms with E-state index >= 15 is 0 Å². The van der Waals surface area contributed by atoms with Crippen LogP contribution >= 0.6 is 20.1 Å². The molecule has 0 unspecified atom stereocenters. The molecule has 0 fully saturated rings. The Morgan fingerprint density at radius 2 is 0.773 bits per heavy atom. The minimum atomic E-state index is -1.28. The predicted molar refractivity (Wildman–Crippen MR) is 196 cm³/mol. The third-order valence-corrected chi connectivity index (χ3v) is 15.4. The van der Waals surface area contributed by atoms with Crippen molar-refractivity contribution in [1.82, 2.24) is 0 Å². The second-order valence-electron chi connectivity index (χ2n) is 12.6. The van der Waals surface area contributed by atoms with Crippen LogP contribution < -0.4 is 15.7 Å². The Balaban J connectivity index is 1.46. The highest BCUT2D eigenvalue weighted by atomic mass is 32.3. The number of rotatable bonds is 3. The van der Waals surface area contributed by atoms with Crippen molar-refractivity contribution < 1.29 is 0 Å². The SMILES string of the molecule is CS1(C)c2ccccc2B(N2c3cc(-c4ccccc4)ccc3S(C)(C)c3ccc(-c4ccccc4)cc32)c2ccccc21. The highest BCUT2D eigenvalue weighted by molar-refractivity contribution is 8.33. The molecule has 8 rings (SSSR count). The van der Waals surface area contributed by atoms with Crippen molar-refractivity contribution in [3.8, 4) is 22.3 Å². The summed E-state index contributed by atoms with van der Waals surface area (Å²) in [7, 11) is -2.46. The van der Waals surface area contributed by atoms with Crippen molar-refractivity contribution in [3.05, 3.63) is 146 Å². The molecule has 0 radical (unpaired) electrons. The largest absolute Gasteiger partial charge is 0.375 e. The number of nitrogens with zero attached hydrogens (tertiary/aromatic N) is 1. The Bertz CT molecular complexity index is 1890. The molecule has 0 saturated heterocycles. The lowest BCUT2D eigenvalue weighted by Crippen LogP contribution is -2.59. The van der Waals surface area contributed by atoms with Crippen molar-refractivity contribution in [2.75, 3.05) is 29.8 Å². The van der Waals surface area contributed by atoms with Crippen LogP contribution in [-0.4, -0.2) is 31.9 Å². The molecule has 0 bridgehead atoms. The maximum absolute atomic E-state index is 2.70. The molecule has 0 saturated carbocycles. The van der Waals surface area contributed by atoms with E-state index in [2.05, 4.69) is 175 Å². The standard InChI is InChI=1S/C40H36BNS2/c1-43(2)37-21-13-11-19-33(37)41(34-20-12-14-22-38(34)43)42-35-27-31(29-15-7-5-8-16-29)23-25-39(35)44(3,4)40-26-24-32(28-36(40)42)30-17-9-6-10-18-30/h5-28H,1-4H3. The zero-order valence-electron chi connectivity index (χ0n) is 25.7. The minimum Gasteiger partial charge on any atom is -0.375 e. The summed E-state index contributed by atoms with van der Waals surface area (Å²) < 4.78 is 0. The Morgan fingerprint density at radius 1 is 0.386 bits per heavy atom. The molecule has 6 aromatic carbocycles. The summed E-state index contributed by atoms with van der Waals surface area (Å²) >= 11 is 0. The molecule has 6 aromatic rings. The van der Waals surface area contributed by atoms with Crippen LogP contribution in [0.25, 0.3) is 22.3 Å². The minimum absolute atomic E-state index is 0.0629. The lowest BCUT2D eigenvalue weighted by molar-refractivity contribution is 1.19. The van der Waals surface area contributed by atoms with E-state index < -0.39 is 20.1 Å². The lowest BCUT2D eigenvalue weighted by atomic mass is 9.48. The summed E-state index contributed by atoms with van der Waals surface area (Å²) in [5, 5.41) is 0. The molecule has 0 aromatic heterocycles. The Labute approximate surface area is 265 Å². The van der Waals surface area contributed by atoms with Crippen LogP contribution in [0.15, 0.2) is 165 Å². The van der Waals surface area contributed by atoms with Crippen LogP contribution in [0.4, 0.5) is 11.4 Å². The maximum Gasteiger partial charge on any atom is 0.330 e. The zero-order valence-corrected chi connectivity index (χ0v) is 27.3. The van der Waals surface area contributed by atoms with Gasteiger partial charge in [-0.05, 0) is 92.3 Å². The van der Waals surface area contributed by atoms with Gasteiger partial charge in [0.15, 0.2) is 0 Å². The van der Waals surface area contributed by atoms with E-state index in [-0.39, 0.29) is 6.85 Å². The highest BCUT2D eigenvalue weighted by Crippen LogP contribution is 2.67. The lowest BCUT2D eigenvalue weighted by Gasteiger charge is -2.50. The number of benzene rings is 6. The van der Waals surface area contributed by atoms with Crippen LogP contribution in [0.2, 0.25) is 0 Å². The number of anilines is 2. The van der Waals surface area contributed by atoms with Crippen molar-refractivity contribution in [1.29, 1.82) is 0 Å². The molecule has 4 heteroatoms. The first-order valence-electron chi connectivity index (χ1n) is 15.2. The molecule has 44 heavy (non-hydrogen) atoms. The first-order valence-corrected chi connectivity index (χ1v) is 20.1. The predicted octanol–water partition coefficient (Wildman–Crippen LogP) is 9.56. The Morgan fingerprint density at radius 3 is 1.23 bits per heavy atom. The number of hydrogen-bond donors (Lipinski definition) is 0. The molecular weight excluding hydrogens is 569 g/mol. The van der Waals surface area contributed by atoms with Crippen LogP contribution in [0.1, 0.15) is 0 Å². The molecular formula is C40H36BNS2. The first-order chi connectivity index (χ1) is 21.4. The molecule has 0 N–H and O–H groups in total. The maximum atomic E-state index is 2.70. The second-order valence-corrected chi connectivity index (χ2v) is 19.7. The molecule has 1 nitrogen and oxygen atoms in total. The molecule has 0 spiro atoms. The van der Waals surface area contributed by atoms with E-state index in [0.29, 0.717) is 0 Å². The quantitative estimate of drug-likeness (QED) is 0.182. The third kappa shape index (κ3) is 4.12. The molecule has 2 aliphatic heterocycles. The van der Waals surface area contributed by atoms with Crippen LogP contribution in [-0.2, 0) is 0 Å². The van der Waals surface area contributed by atoms with E-state index in [4.69, 9.17) is 0 Å². The van der Waals surface area contributed by atoms with Gasteiger partial charge >= 0.3 is 6.85 Å². The van der Waals surface area contributed by atoms with Gasteiger partial charge in [-0.1, -0.05) is 121 Å². The van der Waals surface area contributed by atoms with E-state index in [9.17, 15) is 0 Å². The van der Waals surface area contributed by atoms with Crippen molar-refractivity contribution >= 4 is 49.2 Å². The first kappa shape index (κ1) is 27.4. The van der Waals surface area contributed by atoms with Gasteiger partial charge in [-0.25, -0.2) is 0 Å². The Kier molecular flexibility index (Phi) is 6.37. The Hall–Kier alpha value is -4.12. The second kappa shape index (κ2) is 10.2. The van der Waals surface area contributed by atoms with Crippen LogP contribution in [0, 0.1) is 0 Å². The molecule has 2 aliphatic rings. The molecule has 0 aliphatic carbocycles. The topological polar surface area (TPSA) is 3.24 Å². The molecule has 2 heterocycles. The van der Waals surface area contributed by atoms with Crippen LogP contribution in [0.3, 0.4) is 0 Å². The third-order valence-electron chi connectivity index (χ3n) is 9.54. The van der Waals surface area contributed by atoms with Gasteiger partial charge in [-0.2, -0.15) is 20.1 Å². The van der Waals surface area contributed by atoms with Gasteiger partial charge in [-0.15, -0.1) is 0 Å². The van der Waals surface area contributed by atoms with Crippen molar-refractivity contribution in [2.24, 2.45) is 0 Å². The number of fused-ring (bicyclic) bond motifs is 4. The zero-order chi connectivity index (χ0) is 30.1. The smallest absolute Gasteiger partial charge is 0.330 e. The normalized spacial score (nSPS) is 17.0. The average Bonchev–Trinajstić information content (AvgIpc) is 3.07. The van der Waals surface area contributed by atoms with Crippen molar-refractivity contribution in [2.45, 2.75) is 19.6 Å². The van der Waals surface area contributed by atoms with Gasteiger partial charge < -0.3 is 4.81 Å². The van der Waals surface area contributed by atoms with Crippen molar-refractivity contribution in [3.63, 3.8) is 0 Å². The average molecular weight is 606 g/mol. The van der Waals surface area contributed by atoms with E-state index in [0.717, 1.165) is 0 Å². The summed E-state index contributed by atoms with van der Waals surface area (Å²) in [6.45, 7) is 0.0629. The molecule has 0 amide bonds. The van der Waals surface area contributed by atoms with E-state index in [1.165, 1.54) is 64.1 Å². The fourth-order valence-corrected chi connectivity index (χ4v) is 12.4. The summed E-state index contributed by atoms with van der Waals surface area (Å²) in [5.41, 5.74) is 10.5. The summed E-state index contributed by atoms with van der Waals surface area (Å²) in [4.78, 5) is 8.58. The number of hydrogen-bond acceptors (Lipinski definition) is 1. The van der Waals surface area contributed by atoms with Crippen LogP contribution in [0.5, 0.6) is 0 Å². The molecule has 0 atom stereocenters. The molecule has 216 valence electrons. The van der Waals surface area contributed by atoms with Gasteiger partial charge in [0.25, 0.3) is 0 Å². The summed E-state index contributed by atoms with van der Waals surface area (Å²) in [5.74, 6) is 0. The van der Waals surface area contributed by atoms with E-state index in [1.807, 2.05) is 0 Å². The van der Waals surface area contributed by atoms with E-state index in [1.54, 1.807) is 0 Å². The fourth-order valence-electron chi connectivity index (χ4n) is 7.33. The highest BCUT2D eigenvalue weighted by Gasteiger charge is 2.45.